The Labute approximate surface area is 86.8 Å². The number of hydrogen-bond donors (Lipinski definition) is 1. The summed E-state index contributed by atoms with van der Waals surface area (Å²) in [5, 5.41) is 8.97. The summed E-state index contributed by atoms with van der Waals surface area (Å²) in [6.45, 7) is 6.80. The molecule has 78 valence electrons. The zero-order valence-corrected chi connectivity index (χ0v) is 9.43. The molecule has 1 heteroatoms. The van der Waals surface area contributed by atoms with E-state index in [1.165, 1.54) is 22.3 Å². The monoisotopic (exact) mass is 192 g/mol. The summed E-state index contributed by atoms with van der Waals surface area (Å²) in [7, 11) is 0. The molecule has 0 saturated heterocycles. The van der Waals surface area contributed by atoms with Gasteiger partial charge in [-0.3, -0.25) is 0 Å². The second-order valence-electron chi connectivity index (χ2n) is 3.68. The first-order chi connectivity index (χ1) is 6.74. The highest BCUT2D eigenvalue weighted by Gasteiger charge is 2.07. The van der Waals surface area contributed by atoms with Crippen molar-refractivity contribution in [2.45, 2.75) is 40.0 Å². The van der Waals surface area contributed by atoms with Crippen molar-refractivity contribution in [2.24, 2.45) is 0 Å². The van der Waals surface area contributed by atoms with E-state index in [2.05, 4.69) is 32.9 Å². The van der Waals surface area contributed by atoms with Crippen LogP contribution in [0.2, 0.25) is 0 Å². The Morgan fingerprint density at radius 2 is 1.71 bits per heavy atom. The lowest BCUT2D eigenvalue weighted by Crippen LogP contribution is -2.02. The fraction of sp³-hybridized carbons (Fsp3) is 0.538. The second-order valence-corrected chi connectivity index (χ2v) is 3.68. The first kappa shape index (κ1) is 11.3. The zero-order valence-electron chi connectivity index (χ0n) is 9.43. The molecule has 14 heavy (non-hydrogen) atoms. The number of benzene rings is 1. The molecule has 0 unspecified atom stereocenters. The van der Waals surface area contributed by atoms with Crippen molar-refractivity contribution in [3.05, 3.63) is 34.4 Å². The van der Waals surface area contributed by atoms with Crippen LogP contribution in [0.25, 0.3) is 0 Å². The molecule has 0 atom stereocenters. The van der Waals surface area contributed by atoms with Gasteiger partial charge in [0.1, 0.15) is 0 Å². The molecular weight excluding hydrogens is 172 g/mol. The fourth-order valence-corrected chi connectivity index (χ4v) is 2.15. The first-order valence-electron chi connectivity index (χ1n) is 5.45. The molecule has 0 aromatic heterocycles. The molecule has 0 radical (unpaired) electrons. The third-order valence-corrected chi connectivity index (χ3v) is 2.85. The van der Waals surface area contributed by atoms with Crippen molar-refractivity contribution in [1.29, 1.82) is 0 Å². The fourth-order valence-electron chi connectivity index (χ4n) is 2.15. The van der Waals surface area contributed by atoms with Gasteiger partial charge in [0, 0.05) is 6.61 Å². The van der Waals surface area contributed by atoms with Crippen LogP contribution in [0, 0.1) is 6.92 Å². The van der Waals surface area contributed by atoms with E-state index in [4.69, 9.17) is 5.11 Å². The summed E-state index contributed by atoms with van der Waals surface area (Å²) in [5.41, 5.74) is 5.61. The molecular formula is C13H20O. The van der Waals surface area contributed by atoms with Gasteiger partial charge in [-0.05, 0) is 48.4 Å². The molecule has 0 aliphatic carbocycles. The molecule has 0 spiro atoms. The molecule has 0 amide bonds. The lowest BCUT2D eigenvalue weighted by Gasteiger charge is -2.14. The van der Waals surface area contributed by atoms with E-state index in [9.17, 15) is 0 Å². The van der Waals surface area contributed by atoms with E-state index >= 15 is 0 Å². The molecule has 0 aliphatic heterocycles. The Morgan fingerprint density at radius 3 is 2.21 bits per heavy atom. The number of aliphatic hydroxyl groups excluding tert-OH is 1. The third-order valence-electron chi connectivity index (χ3n) is 2.85. The van der Waals surface area contributed by atoms with Crippen molar-refractivity contribution < 1.29 is 5.11 Å². The molecule has 1 nitrogen and oxygen atoms in total. The molecule has 0 saturated carbocycles. The van der Waals surface area contributed by atoms with Crippen molar-refractivity contribution in [3.63, 3.8) is 0 Å². The Balaban J connectivity index is 3.18. The molecule has 0 fully saturated rings. The molecule has 1 rings (SSSR count). The summed E-state index contributed by atoms with van der Waals surface area (Å²) in [4.78, 5) is 0. The number of aryl methyl sites for hydroxylation is 1. The summed E-state index contributed by atoms with van der Waals surface area (Å²) in [6.07, 6.45) is 2.95. The minimum atomic E-state index is 0.249. The van der Waals surface area contributed by atoms with Crippen molar-refractivity contribution in [3.8, 4) is 0 Å². The van der Waals surface area contributed by atoms with Crippen LogP contribution in [0.1, 0.15) is 36.1 Å². The van der Waals surface area contributed by atoms with Crippen LogP contribution in [0.3, 0.4) is 0 Å². The average Bonchev–Trinajstić information content (AvgIpc) is 2.20. The van der Waals surface area contributed by atoms with Crippen molar-refractivity contribution in [2.75, 3.05) is 6.61 Å². The number of aliphatic hydroxyl groups is 1. The Bertz CT molecular complexity index is 302. The Morgan fingerprint density at radius 1 is 1.07 bits per heavy atom. The molecule has 1 aromatic rings. The van der Waals surface area contributed by atoms with Crippen LogP contribution < -0.4 is 0 Å². The van der Waals surface area contributed by atoms with Gasteiger partial charge in [0.2, 0.25) is 0 Å². The van der Waals surface area contributed by atoms with E-state index in [1.54, 1.807) is 0 Å². The Hall–Kier alpha value is -0.820. The van der Waals surface area contributed by atoms with Crippen LogP contribution in [-0.4, -0.2) is 11.7 Å². The van der Waals surface area contributed by atoms with Gasteiger partial charge in [-0.2, -0.15) is 0 Å². The highest BCUT2D eigenvalue weighted by Crippen LogP contribution is 2.20. The maximum absolute atomic E-state index is 8.97. The van der Waals surface area contributed by atoms with Gasteiger partial charge in [-0.15, -0.1) is 0 Å². The normalized spacial score (nSPS) is 10.6. The maximum atomic E-state index is 8.97. The van der Waals surface area contributed by atoms with Crippen LogP contribution >= 0.6 is 0 Å². The predicted molar refractivity (Wildman–Crippen MR) is 60.7 cm³/mol. The van der Waals surface area contributed by atoms with E-state index in [0.717, 1.165) is 19.3 Å². The van der Waals surface area contributed by atoms with Crippen LogP contribution in [0.5, 0.6) is 0 Å². The highest BCUT2D eigenvalue weighted by molar-refractivity contribution is 5.40. The topological polar surface area (TPSA) is 20.2 Å². The lowest BCUT2D eigenvalue weighted by molar-refractivity contribution is 0.299. The van der Waals surface area contributed by atoms with Gasteiger partial charge in [-0.25, -0.2) is 0 Å². The van der Waals surface area contributed by atoms with Gasteiger partial charge < -0.3 is 5.11 Å². The first-order valence-corrected chi connectivity index (χ1v) is 5.45. The van der Waals surface area contributed by atoms with Crippen LogP contribution in [0.4, 0.5) is 0 Å². The quantitative estimate of drug-likeness (QED) is 0.777. The van der Waals surface area contributed by atoms with E-state index in [0.29, 0.717) is 0 Å². The molecule has 1 N–H and O–H groups in total. The van der Waals surface area contributed by atoms with Crippen molar-refractivity contribution in [1.82, 2.24) is 0 Å². The highest BCUT2D eigenvalue weighted by atomic mass is 16.2. The number of hydrogen-bond acceptors (Lipinski definition) is 1. The largest absolute Gasteiger partial charge is 0.396 e. The molecule has 0 bridgehead atoms. The zero-order chi connectivity index (χ0) is 10.6. The average molecular weight is 192 g/mol. The van der Waals surface area contributed by atoms with Crippen molar-refractivity contribution >= 4 is 0 Å². The van der Waals surface area contributed by atoms with E-state index in [-0.39, 0.29) is 6.61 Å². The lowest BCUT2D eigenvalue weighted by atomic mass is 9.92. The smallest absolute Gasteiger partial charge is 0.0471 e. The van der Waals surface area contributed by atoms with Crippen LogP contribution in [-0.2, 0) is 19.3 Å². The summed E-state index contributed by atoms with van der Waals surface area (Å²) < 4.78 is 0. The standard InChI is InChI=1S/C13H20O/c1-4-12-10(3)6-7-11(8-9-14)13(12)5-2/h6-7,14H,4-5,8-9H2,1-3H3. The Kier molecular flexibility index (Phi) is 4.15. The maximum Gasteiger partial charge on any atom is 0.0471 e. The van der Waals surface area contributed by atoms with E-state index in [1.807, 2.05) is 0 Å². The second kappa shape index (κ2) is 5.16. The summed E-state index contributed by atoms with van der Waals surface area (Å²) in [5.74, 6) is 0. The van der Waals surface area contributed by atoms with Gasteiger partial charge in [0.05, 0.1) is 0 Å². The minimum absolute atomic E-state index is 0.249. The van der Waals surface area contributed by atoms with Gasteiger partial charge >= 0.3 is 0 Å². The molecule has 0 aliphatic rings. The summed E-state index contributed by atoms with van der Waals surface area (Å²) >= 11 is 0. The van der Waals surface area contributed by atoms with Gasteiger partial charge in [0.15, 0.2) is 0 Å². The van der Waals surface area contributed by atoms with Crippen LogP contribution in [0.15, 0.2) is 12.1 Å². The van der Waals surface area contributed by atoms with Gasteiger partial charge in [-0.1, -0.05) is 26.0 Å². The third kappa shape index (κ3) is 2.16. The SMILES string of the molecule is CCc1c(C)ccc(CCO)c1CC. The number of rotatable bonds is 4. The predicted octanol–water partition coefficient (Wildman–Crippen LogP) is 2.65. The molecule has 1 aromatic carbocycles. The van der Waals surface area contributed by atoms with Gasteiger partial charge in [0.25, 0.3) is 0 Å². The molecule has 0 heterocycles. The minimum Gasteiger partial charge on any atom is -0.396 e. The summed E-state index contributed by atoms with van der Waals surface area (Å²) in [6, 6.07) is 4.33. The van der Waals surface area contributed by atoms with E-state index < -0.39 is 0 Å².